The molecule has 16 rings (SSSR count). The summed E-state index contributed by atoms with van der Waals surface area (Å²) < 4.78 is 0. The van der Waals surface area contributed by atoms with E-state index in [1.165, 1.54) is 106 Å². The Bertz CT molecular complexity index is 4400. The molecule has 13 aromatic carbocycles. The van der Waals surface area contributed by atoms with Crippen molar-refractivity contribution in [2.45, 2.75) is 16.2 Å². The molecule has 0 atom stereocenters. The molecule has 82 heavy (non-hydrogen) atoms. The zero-order valence-electron chi connectivity index (χ0n) is 45.2. The van der Waals surface area contributed by atoms with Crippen molar-refractivity contribution in [2.75, 3.05) is 4.90 Å². The highest BCUT2D eigenvalue weighted by atomic mass is 15.1. The standard InChI is InChI=1S/C81H55N/c1-6-24-58(25-7-1)79(59-26-8-2-9-27-59)76-41-23-19-37-70(76)72-55-66(51-53-77(72)79)82(65-49-45-63(46-50-65)80(60-28-10-3-11-29-60)73-38-20-16-34-67(73)68-35-17-21-39-74(68)80)64-47-42-56(43-48-64)57-44-52-71-69-36-18-22-40-75(69)81(78(71)54-57,61-30-12-4-13-31-61)62-32-14-5-15-33-62/h1-55H. The summed E-state index contributed by atoms with van der Waals surface area (Å²) in [6.07, 6.45) is 0. The van der Waals surface area contributed by atoms with Gasteiger partial charge in [-0.25, -0.2) is 0 Å². The zero-order valence-corrected chi connectivity index (χ0v) is 45.2. The lowest BCUT2D eigenvalue weighted by Gasteiger charge is -2.35. The number of benzene rings is 13. The van der Waals surface area contributed by atoms with Crippen molar-refractivity contribution in [1.82, 2.24) is 0 Å². The van der Waals surface area contributed by atoms with Crippen molar-refractivity contribution in [3.05, 3.63) is 400 Å². The number of hydrogen-bond acceptors (Lipinski definition) is 1. The lowest BCUT2D eigenvalue weighted by atomic mass is 9.67. The Kier molecular flexibility index (Phi) is 11.0. The van der Waals surface area contributed by atoms with Crippen LogP contribution in [0.15, 0.2) is 334 Å². The molecule has 0 saturated heterocycles. The minimum absolute atomic E-state index is 0.486. The maximum absolute atomic E-state index is 2.46. The molecule has 3 aliphatic rings. The van der Waals surface area contributed by atoms with Gasteiger partial charge in [0.15, 0.2) is 0 Å². The molecule has 1 nitrogen and oxygen atoms in total. The van der Waals surface area contributed by atoms with E-state index < -0.39 is 16.2 Å². The largest absolute Gasteiger partial charge is 0.310 e. The Morgan fingerprint density at radius 3 is 0.854 bits per heavy atom. The van der Waals surface area contributed by atoms with Gasteiger partial charge in [-0.05, 0) is 154 Å². The molecular weight excluding hydrogens is 987 g/mol. The van der Waals surface area contributed by atoms with Crippen LogP contribution in [-0.2, 0) is 16.2 Å². The lowest BCUT2D eigenvalue weighted by molar-refractivity contribution is 0.768. The number of fused-ring (bicyclic) bond motifs is 9. The fourth-order valence-corrected chi connectivity index (χ4v) is 15.0. The summed E-state index contributed by atoms with van der Waals surface area (Å²) in [7, 11) is 0. The summed E-state index contributed by atoms with van der Waals surface area (Å²) in [5.74, 6) is 0. The van der Waals surface area contributed by atoms with Crippen LogP contribution in [0.2, 0.25) is 0 Å². The first-order valence-electron chi connectivity index (χ1n) is 28.7. The molecule has 0 aromatic heterocycles. The molecule has 384 valence electrons. The van der Waals surface area contributed by atoms with E-state index in [1.807, 2.05) is 0 Å². The second-order valence-corrected chi connectivity index (χ2v) is 22.2. The summed E-state index contributed by atoms with van der Waals surface area (Å²) in [6.45, 7) is 0. The van der Waals surface area contributed by atoms with Gasteiger partial charge in [0.2, 0.25) is 0 Å². The minimum Gasteiger partial charge on any atom is -0.310 e. The number of rotatable bonds is 10. The maximum Gasteiger partial charge on any atom is 0.0713 e. The van der Waals surface area contributed by atoms with Crippen LogP contribution >= 0.6 is 0 Å². The van der Waals surface area contributed by atoms with Crippen molar-refractivity contribution in [3.63, 3.8) is 0 Å². The average Bonchev–Trinajstić information content (AvgIpc) is 3.08. The normalized spacial score (nSPS) is 14.1. The first-order chi connectivity index (χ1) is 40.7. The second kappa shape index (κ2) is 18.9. The maximum atomic E-state index is 2.46. The Morgan fingerprint density at radius 1 is 0.171 bits per heavy atom. The molecule has 0 bridgehead atoms. The van der Waals surface area contributed by atoms with E-state index in [2.05, 4.69) is 339 Å². The number of hydrogen-bond donors (Lipinski definition) is 0. The molecule has 0 spiro atoms. The Morgan fingerprint density at radius 2 is 0.451 bits per heavy atom. The van der Waals surface area contributed by atoms with E-state index in [9.17, 15) is 0 Å². The van der Waals surface area contributed by atoms with Crippen LogP contribution in [-0.4, -0.2) is 0 Å². The topological polar surface area (TPSA) is 3.24 Å². The first kappa shape index (κ1) is 47.6. The van der Waals surface area contributed by atoms with Crippen molar-refractivity contribution in [1.29, 1.82) is 0 Å². The Balaban J connectivity index is 0.875. The summed E-state index contributed by atoms with van der Waals surface area (Å²) in [6, 6.07) is 125. The highest BCUT2D eigenvalue weighted by Crippen LogP contribution is 2.60. The molecule has 0 aliphatic heterocycles. The van der Waals surface area contributed by atoms with Crippen LogP contribution in [0.3, 0.4) is 0 Å². The summed E-state index contributed by atoms with van der Waals surface area (Å²) in [5.41, 5.74) is 27.0. The van der Waals surface area contributed by atoms with E-state index in [-0.39, 0.29) is 0 Å². The van der Waals surface area contributed by atoms with Gasteiger partial charge in [0.25, 0.3) is 0 Å². The predicted molar refractivity (Wildman–Crippen MR) is 338 cm³/mol. The third kappa shape index (κ3) is 6.81. The van der Waals surface area contributed by atoms with Crippen LogP contribution in [0.5, 0.6) is 0 Å². The Hall–Kier alpha value is -10.3. The average molecular weight is 1040 g/mol. The van der Waals surface area contributed by atoms with Crippen LogP contribution in [0.1, 0.15) is 66.8 Å². The molecule has 13 aromatic rings. The third-order valence-corrected chi connectivity index (χ3v) is 18.3. The molecule has 0 radical (unpaired) electrons. The summed E-state index contributed by atoms with van der Waals surface area (Å²) in [5, 5.41) is 0. The Labute approximate surface area is 480 Å². The smallest absolute Gasteiger partial charge is 0.0713 e. The van der Waals surface area contributed by atoms with Crippen LogP contribution in [0.4, 0.5) is 17.1 Å². The molecule has 3 aliphatic carbocycles. The van der Waals surface area contributed by atoms with Crippen molar-refractivity contribution in [2.24, 2.45) is 0 Å². The fraction of sp³-hybridized carbons (Fsp3) is 0.0370. The van der Waals surface area contributed by atoms with Gasteiger partial charge in [-0.3, -0.25) is 0 Å². The second-order valence-electron chi connectivity index (χ2n) is 22.2. The summed E-state index contributed by atoms with van der Waals surface area (Å²) in [4.78, 5) is 2.46. The third-order valence-electron chi connectivity index (χ3n) is 18.3. The van der Waals surface area contributed by atoms with E-state index in [1.54, 1.807) is 0 Å². The first-order valence-corrected chi connectivity index (χ1v) is 28.7. The molecule has 0 heterocycles. The van der Waals surface area contributed by atoms with Gasteiger partial charge in [0, 0.05) is 17.1 Å². The minimum atomic E-state index is -0.509. The molecule has 0 fully saturated rings. The van der Waals surface area contributed by atoms with Crippen molar-refractivity contribution < 1.29 is 0 Å². The van der Waals surface area contributed by atoms with Crippen molar-refractivity contribution >= 4 is 17.1 Å². The molecular formula is C81H55N. The predicted octanol–water partition coefficient (Wildman–Crippen LogP) is 19.9. The van der Waals surface area contributed by atoms with Crippen molar-refractivity contribution in [3.8, 4) is 44.5 Å². The van der Waals surface area contributed by atoms with Gasteiger partial charge < -0.3 is 4.90 Å². The summed E-state index contributed by atoms with van der Waals surface area (Å²) >= 11 is 0. The molecule has 0 saturated carbocycles. The van der Waals surface area contributed by atoms with Crippen LogP contribution < -0.4 is 4.90 Å². The molecule has 0 N–H and O–H groups in total. The highest BCUT2D eigenvalue weighted by Gasteiger charge is 2.49. The number of anilines is 3. The molecule has 0 unspecified atom stereocenters. The molecule has 0 amide bonds. The van der Waals surface area contributed by atoms with Gasteiger partial charge >= 0.3 is 0 Å². The zero-order chi connectivity index (χ0) is 54.2. The number of nitrogens with zero attached hydrogens (tertiary/aromatic N) is 1. The van der Waals surface area contributed by atoms with E-state index in [4.69, 9.17) is 0 Å². The highest BCUT2D eigenvalue weighted by molar-refractivity contribution is 5.93. The van der Waals surface area contributed by atoms with Crippen LogP contribution in [0, 0.1) is 0 Å². The lowest BCUT2D eigenvalue weighted by Crippen LogP contribution is -2.28. The monoisotopic (exact) mass is 1040 g/mol. The van der Waals surface area contributed by atoms with E-state index in [0.29, 0.717) is 0 Å². The van der Waals surface area contributed by atoms with Gasteiger partial charge in [-0.15, -0.1) is 0 Å². The van der Waals surface area contributed by atoms with Gasteiger partial charge in [-0.2, -0.15) is 0 Å². The van der Waals surface area contributed by atoms with Crippen LogP contribution in [0.25, 0.3) is 44.5 Å². The van der Waals surface area contributed by atoms with Gasteiger partial charge in [0.1, 0.15) is 0 Å². The van der Waals surface area contributed by atoms with Gasteiger partial charge in [-0.1, -0.05) is 291 Å². The SMILES string of the molecule is c1ccc(C2(c3ccc(N(c4ccc(-c5ccc6c(c5)C(c5ccccc5)(c5ccccc5)c5ccccc5-6)cc4)c4ccc5c(c4)-c4ccccc4C5(c4ccccc4)c4ccccc4)cc3)c3ccccc3-c3ccccc32)cc1. The van der Waals surface area contributed by atoms with Gasteiger partial charge in [0.05, 0.1) is 16.2 Å². The van der Waals surface area contributed by atoms with E-state index >= 15 is 0 Å². The van der Waals surface area contributed by atoms with E-state index in [0.717, 1.165) is 22.6 Å². The molecule has 1 heteroatoms. The fourth-order valence-electron chi connectivity index (χ4n) is 15.0. The quantitative estimate of drug-likeness (QED) is 0.132.